The van der Waals surface area contributed by atoms with Gasteiger partial charge in [0.05, 0.1) is 21.2 Å². The van der Waals surface area contributed by atoms with E-state index in [1.165, 1.54) is 0 Å². The van der Waals surface area contributed by atoms with E-state index in [2.05, 4.69) is 10.3 Å². The summed E-state index contributed by atoms with van der Waals surface area (Å²) in [7, 11) is 0. The maximum atomic E-state index is 11.9. The average molecular weight is 296 g/mol. The van der Waals surface area contributed by atoms with Gasteiger partial charge in [0, 0.05) is 5.88 Å². The fourth-order valence-corrected chi connectivity index (χ4v) is 1.51. The van der Waals surface area contributed by atoms with Crippen LogP contribution in [-0.4, -0.2) is 16.8 Å². The summed E-state index contributed by atoms with van der Waals surface area (Å²) in [5, 5.41) is 3.41. The Labute approximate surface area is 115 Å². The highest BCUT2D eigenvalue weighted by Crippen LogP contribution is 2.27. The molecule has 1 aromatic heterocycles. The third-order valence-corrected chi connectivity index (χ3v) is 3.62. The zero-order valence-electron chi connectivity index (χ0n) is 9.77. The van der Waals surface area contributed by atoms with E-state index in [4.69, 9.17) is 34.8 Å². The molecule has 1 rings (SSSR count). The Hall–Kier alpha value is -0.510. The van der Waals surface area contributed by atoms with Crippen LogP contribution in [0.5, 0.6) is 0 Å². The van der Waals surface area contributed by atoms with Crippen molar-refractivity contribution >= 4 is 46.5 Å². The Morgan fingerprint density at radius 1 is 1.41 bits per heavy atom. The molecule has 0 spiro atoms. The van der Waals surface area contributed by atoms with E-state index in [0.717, 1.165) is 0 Å². The molecule has 17 heavy (non-hydrogen) atoms. The molecule has 1 aromatic rings. The Bertz CT molecular complexity index is 447. The number of rotatable bonds is 3. The second-order valence-electron chi connectivity index (χ2n) is 4.36. The zero-order valence-corrected chi connectivity index (χ0v) is 12.0. The number of aromatic nitrogens is 1. The lowest BCUT2D eigenvalue weighted by molar-refractivity contribution is -0.123. The molecule has 0 saturated heterocycles. The van der Waals surface area contributed by atoms with E-state index in [0.29, 0.717) is 21.6 Å². The third kappa shape index (κ3) is 3.47. The minimum atomic E-state index is -0.680. The summed E-state index contributed by atoms with van der Waals surface area (Å²) in [5.41, 5.74) is -0.0739. The standard InChI is InChI=1S/C11H13Cl3N2O/c1-6-7(13)4-8(14)9(15-6)16-10(17)11(2,3)5-12/h4H,5H2,1-3H3,(H,15,16,17). The minimum absolute atomic E-state index is 0.211. The summed E-state index contributed by atoms with van der Waals surface area (Å²) in [6, 6.07) is 1.55. The molecule has 1 amide bonds. The molecule has 0 unspecified atom stereocenters. The van der Waals surface area contributed by atoms with E-state index in [-0.39, 0.29) is 11.8 Å². The second kappa shape index (κ2) is 5.42. The lowest BCUT2D eigenvalue weighted by Gasteiger charge is -2.20. The van der Waals surface area contributed by atoms with Crippen LogP contribution in [-0.2, 0) is 4.79 Å². The smallest absolute Gasteiger partial charge is 0.232 e. The van der Waals surface area contributed by atoms with Gasteiger partial charge < -0.3 is 5.32 Å². The highest BCUT2D eigenvalue weighted by atomic mass is 35.5. The molecule has 1 heterocycles. The lowest BCUT2D eigenvalue weighted by atomic mass is 9.95. The lowest BCUT2D eigenvalue weighted by Crippen LogP contribution is -2.32. The molecule has 0 radical (unpaired) electrons. The topological polar surface area (TPSA) is 42.0 Å². The predicted molar refractivity (Wildman–Crippen MR) is 72.1 cm³/mol. The van der Waals surface area contributed by atoms with Crippen molar-refractivity contribution in [1.82, 2.24) is 4.98 Å². The van der Waals surface area contributed by atoms with Crippen molar-refractivity contribution in [3.8, 4) is 0 Å². The van der Waals surface area contributed by atoms with Crippen LogP contribution >= 0.6 is 34.8 Å². The van der Waals surface area contributed by atoms with Crippen LogP contribution in [0.15, 0.2) is 6.07 Å². The molecule has 0 aromatic carbocycles. The Balaban J connectivity index is 2.97. The first-order valence-electron chi connectivity index (χ1n) is 4.98. The summed E-state index contributed by atoms with van der Waals surface area (Å²) < 4.78 is 0. The van der Waals surface area contributed by atoms with Gasteiger partial charge in [-0.3, -0.25) is 4.79 Å². The molecule has 1 N–H and O–H groups in total. The highest BCUT2D eigenvalue weighted by molar-refractivity contribution is 6.36. The van der Waals surface area contributed by atoms with Crippen LogP contribution in [0.1, 0.15) is 19.5 Å². The van der Waals surface area contributed by atoms with Gasteiger partial charge in [-0.1, -0.05) is 23.2 Å². The van der Waals surface area contributed by atoms with Crippen LogP contribution in [0.3, 0.4) is 0 Å². The molecule has 0 aliphatic rings. The van der Waals surface area contributed by atoms with Gasteiger partial charge in [0.25, 0.3) is 0 Å². The number of alkyl halides is 1. The second-order valence-corrected chi connectivity index (χ2v) is 5.44. The van der Waals surface area contributed by atoms with Gasteiger partial charge in [-0.05, 0) is 26.8 Å². The minimum Gasteiger partial charge on any atom is -0.309 e. The molecule has 0 bridgehead atoms. The van der Waals surface area contributed by atoms with Crippen molar-refractivity contribution < 1.29 is 4.79 Å². The summed E-state index contributed by atoms with van der Waals surface area (Å²) in [6.07, 6.45) is 0. The maximum absolute atomic E-state index is 11.9. The number of hydrogen-bond acceptors (Lipinski definition) is 2. The number of halogens is 3. The number of hydrogen-bond donors (Lipinski definition) is 1. The summed E-state index contributed by atoms with van der Waals surface area (Å²) >= 11 is 17.5. The Kier molecular flexibility index (Phi) is 4.64. The van der Waals surface area contributed by atoms with Gasteiger partial charge in [0.15, 0.2) is 5.82 Å². The SMILES string of the molecule is Cc1nc(NC(=O)C(C)(C)CCl)c(Cl)cc1Cl. The number of pyridine rings is 1. The van der Waals surface area contributed by atoms with Gasteiger partial charge in [-0.2, -0.15) is 0 Å². The quantitative estimate of drug-likeness (QED) is 0.859. The Morgan fingerprint density at radius 2 is 2.00 bits per heavy atom. The summed E-state index contributed by atoms with van der Waals surface area (Å²) in [4.78, 5) is 16.0. The number of anilines is 1. The number of aryl methyl sites for hydroxylation is 1. The zero-order chi connectivity index (χ0) is 13.2. The molecule has 0 aliphatic carbocycles. The van der Waals surface area contributed by atoms with Gasteiger partial charge in [0.1, 0.15) is 0 Å². The number of nitrogens with zero attached hydrogens (tertiary/aromatic N) is 1. The van der Waals surface area contributed by atoms with Gasteiger partial charge in [0.2, 0.25) is 5.91 Å². The van der Waals surface area contributed by atoms with Crippen molar-refractivity contribution in [2.45, 2.75) is 20.8 Å². The first-order chi connectivity index (χ1) is 7.77. The van der Waals surface area contributed by atoms with Crippen molar-refractivity contribution in [2.24, 2.45) is 5.41 Å². The number of carbonyl (C=O) groups is 1. The van der Waals surface area contributed by atoms with Crippen molar-refractivity contribution in [3.63, 3.8) is 0 Å². The monoisotopic (exact) mass is 294 g/mol. The van der Waals surface area contributed by atoms with Crippen LogP contribution in [0, 0.1) is 12.3 Å². The fraction of sp³-hybridized carbons (Fsp3) is 0.455. The average Bonchev–Trinajstić information content (AvgIpc) is 2.25. The van der Waals surface area contributed by atoms with Crippen molar-refractivity contribution in [2.75, 3.05) is 11.2 Å². The summed E-state index contributed by atoms with van der Waals surface area (Å²) in [6.45, 7) is 5.22. The van der Waals surface area contributed by atoms with Crippen LogP contribution in [0.25, 0.3) is 0 Å². The van der Waals surface area contributed by atoms with E-state index >= 15 is 0 Å². The normalized spacial score (nSPS) is 11.4. The summed E-state index contributed by atoms with van der Waals surface area (Å²) in [5.74, 6) is 0.281. The Morgan fingerprint density at radius 3 is 2.53 bits per heavy atom. The van der Waals surface area contributed by atoms with Crippen molar-refractivity contribution in [1.29, 1.82) is 0 Å². The molecular formula is C11H13Cl3N2O. The molecule has 0 saturated carbocycles. The first-order valence-corrected chi connectivity index (χ1v) is 6.27. The van der Waals surface area contributed by atoms with E-state index in [1.54, 1.807) is 26.8 Å². The van der Waals surface area contributed by atoms with Gasteiger partial charge in [-0.15, -0.1) is 11.6 Å². The molecular weight excluding hydrogens is 282 g/mol. The predicted octanol–water partition coefficient (Wildman–Crippen LogP) is 3.90. The molecule has 0 fully saturated rings. The third-order valence-electron chi connectivity index (χ3n) is 2.29. The van der Waals surface area contributed by atoms with Crippen LogP contribution in [0.2, 0.25) is 10.0 Å². The number of nitrogens with one attached hydrogen (secondary N) is 1. The fourth-order valence-electron chi connectivity index (χ4n) is 0.984. The largest absolute Gasteiger partial charge is 0.309 e. The van der Waals surface area contributed by atoms with E-state index < -0.39 is 5.41 Å². The van der Waals surface area contributed by atoms with Gasteiger partial charge in [-0.25, -0.2) is 4.98 Å². The molecule has 0 aliphatic heterocycles. The molecule has 0 atom stereocenters. The number of amides is 1. The molecule has 94 valence electrons. The highest BCUT2D eigenvalue weighted by Gasteiger charge is 2.27. The maximum Gasteiger partial charge on any atom is 0.232 e. The first kappa shape index (κ1) is 14.6. The number of carbonyl (C=O) groups excluding carboxylic acids is 1. The van der Waals surface area contributed by atoms with Crippen LogP contribution in [0.4, 0.5) is 5.82 Å². The van der Waals surface area contributed by atoms with Gasteiger partial charge >= 0.3 is 0 Å². The van der Waals surface area contributed by atoms with Crippen LogP contribution < -0.4 is 5.32 Å². The van der Waals surface area contributed by atoms with Crippen molar-refractivity contribution in [3.05, 3.63) is 21.8 Å². The molecule has 6 heteroatoms. The molecule has 3 nitrogen and oxygen atoms in total. The van der Waals surface area contributed by atoms with E-state index in [9.17, 15) is 4.79 Å². The van der Waals surface area contributed by atoms with E-state index in [1.807, 2.05) is 0 Å².